The van der Waals surface area contributed by atoms with Gasteiger partial charge in [-0.15, -0.1) is 0 Å². The minimum Gasteiger partial charge on any atom is -0.492 e. The number of fused-ring (bicyclic) bond motifs is 2. The van der Waals surface area contributed by atoms with Gasteiger partial charge in [0.2, 0.25) is 6.79 Å². The molecule has 0 saturated carbocycles. The highest BCUT2D eigenvalue weighted by Gasteiger charge is 2.29. The van der Waals surface area contributed by atoms with E-state index in [0.717, 1.165) is 28.4 Å². The van der Waals surface area contributed by atoms with Crippen molar-refractivity contribution in [3.8, 4) is 17.2 Å². The smallest absolute Gasteiger partial charge is 0.231 e. The molecule has 6 nitrogen and oxygen atoms in total. The molecule has 0 unspecified atom stereocenters. The molecule has 0 radical (unpaired) electrons. The number of ether oxygens (including phenoxy) is 3. The second kappa shape index (κ2) is 6.44. The topological polar surface area (TPSA) is 51.2 Å². The van der Waals surface area contributed by atoms with Crippen molar-refractivity contribution >= 4 is 22.8 Å². The van der Waals surface area contributed by atoms with Crippen LogP contribution in [0, 0.1) is 0 Å². The predicted octanol–water partition coefficient (Wildman–Crippen LogP) is 3.14. The third-order valence-corrected chi connectivity index (χ3v) is 4.64. The molecule has 2 aromatic rings. The maximum Gasteiger partial charge on any atom is 0.231 e. The van der Waals surface area contributed by atoms with Crippen molar-refractivity contribution in [1.29, 1.82) is 0 Å². The van der Waals surface area contributed by atoms with Gasteiger partial charge in [-0.1, -0.05) is 0 Å². The van der Waals surface area contributed by atoms with Gasteiger partial charge in [0.1, 0.15) is 5.75 Å². The molecule has 4 rings (SSSR count). The quantitative estimate of drug-likeness (QED) is 0.841. The van der Waals surface area contributed by atoms with Gasteiger partial charge in [0, 0.05) is 44.0 Å². The fraction of sp³-hybridized carbons (Fsp3) is 0.350. The lowest BCUT2D eigenvalue weighted by Gasteiger charge is -2.32. The van der Waals surface area contributed by atoms with Gasteiger partial charge in [-0.2, -0.15) is 0 Å². The molecule has 2 aliphatic heterocycles. The minimum atomic E-state index is 0.162. The zero-order valence-corrected chi connectivity index (χ0v) is 15.2. The number of rotatable bonds is 4. The van der Waals surface area contributed by atoms with E-state index in [1.807, 2.05) is 61.2 Å². The summed E-state index contributed by atoms with van der Waals surface area (Å²) in [6.07, 6.45) is 0.405. The molecule has 0 saturated heterocycles. The van der Waals surface area contributed by atoms with E-state index < -0.39 is 0 Å². The maximum atomic E-state index is 12.4. The third-order valence-electron chi connectivity index (χ3n) is 4.64. The van der Waals surface area contributed by atoms with Crippen LogP contribution in [0.25, 0.3) is 0 Å². The van der Waals surface area contributed by atoms with Gasteiger partial charge in [-0.25, -0.2) is 0 Å². The Morgan fingerprint density at radius 2 is 1.88 bits per heavy atom. The summed E-state index contributed by atoms with van der Waals surface area (Å²) in [7, 11) is 3.98. The van der Waals surface area contributed by atoms with Crippen molar-refractivity contribution in [2.45, 2.75) is 13.3 Å². The van der Waals surface area contributed by atoms with Gasteiger partial charge in [0.15, 0.2) is 17.3 Å². The van der Waals surface area contributed by atoms with Gasteiger partial charge in [-0.05, 0) is 30.7 Å². The van der Waals surface area contributed by atoms with Gasteiger partial charge in [-0.3, -0.25) is 4.79 Å². The normalized spacial score (nSPS) is 15.0. The number of nitrogens with zero attached hydrogens (tertiary/aromatic N) is 2. The predicted molar refractivity (Wildman–Crippen MR) is 100 cm³/mol. The molecule has 0 fully saturated rings. The lowest BCUT2D eigenvalue weighted by molar-refractivity contribution is -0.117. The van der Waals surface area contributed by atoms with E-state index in [0.29, 0.717) is 31.1 Å². The van der Waals surface area contributed by atoms with Gasteiger partial charge >= 0.3 is 0 Å². The molecule has 0 amide bonds. The summed E-state index contributed by atoms with van der Waals surface area (Å²) in [5.41, 5.74) is 3.84. The Morgan fingerprint density at radius 1 is 1.12 bits per heavy atom. The molecule has 26 heavy (non-hydrogen) atoms. The standard InChI is InChI=1S/C20H22N2O4/c1-4-24-18-9-14(21(2)3)5-6-16(18)22-11-15(23)7-13-8-19-20(10-17(13)22)26-12-25-19/h5-6,8-10H,4,7,11-12H2,1-3H3. The van der Waals surface area contributed by atoms with Crippen LogP contribution in [0.5, 0.6) is 17.2 Å². The summed E-state index contributed by atoms with van der Waals surface area (Å²) >= 11 is 0. The van der Waals surface area contributed by atoms with Crippen LogP contribution >= 0.6 is 0 Å². The van der Waals surface area contributed by atoms with Crippen LogP contribution in [0.3, 0.4) is 0 Å². The van der Waals surface area contributed by atoms with Crippen molar-refractivity contribution in [3.63, 3.8) is 0 Å². The van der Waals surface area contributed by atoms with Crippen LogP contribution < -0.4 is 24.0 Å². The van der Waals surface area contributed by atoms with Crippen LogP contribution in [-0.4, -0.2) is 39.8 Å². The Bertz CT molecular complexity index is 863. The first-order valence-electron chi connectivity index (χ1n) is 8.72. The second-order valence-corrected chi connectivity index (χ2v) is 6.62. The molecule has 2 heterocycles. The zero-order valence-electron chi connectivity index (χ0n) is 15.2. The van der Waals surface area contributed by atoms with E-state index in [1.54, 1.807) is 0 Å². The number of benzene rings is 2. The van der Waals surface area contributed by atoms with Crippen LogP contribution in [0.4, 0.5) is 17.1 Å². The Hall–Kier alpha value is -2.89. The Balaban J connectivity index is 1.82. The number of carbonyl (C=O) groups excluding carboxylic acids is 1. The van der Waals surface area contributed by atoms with Crippen molar-refractivity contribution in [3.05, 3.63) is 35.9 Å². The summed E-state index contributed by atoms with van der Waals surface area (Å²) in [6.45, 7) is 3.04. The Labute approximate surface area is 152 Å². The Morgan fingerprint density at radius 3 is 2.62 bits per heavy atom. The van der Waals surface area contributed by atoms with E-state index in [9.17, 15) is 4.79 Å². The third kappa shape index (κ3) is 2.81. The fourth-order valence-electron chi connectivity index (χ4n) is 3.39. The number of hydrogen-bond acceptors (Lipinski definition) is 6. The number of ketones is 1. The second-order valence-electron chi connectivity index (χ2n) is 6.62. The average Bonchev–Trinajstić information content (AvgIpc) is 3.06. The molecule has 2 aliphatic rings. The molecule has 0 bridgehead atoms. The minimum absolute atomic E-state index is 0.162. The van der Waals surface area contributed by atoms with E-state index in [4.69, 9.17) is 14.2 Å². The van der Waals surface area contributed by atoms with E-state index in [-0.39, 0.29) is 12.6 Å². The highest BCUT2D eigenvalue weighted by molar-refractivity contribution is 5.94. The lowest BCUT2D eigenvalue weighted by atomic mass is 9.99. The molecule has 0 N–H and O–H groups in total. The number of anilines is 3. The molecule has 136 valence electrons. The van der Waals surface area contributed by atoms with E-state index >= 15 is 0 Å². The zero-order chi connectivity index (χ0) is 18.3. The monoisotopic (exact) mass is 354 g/mol. The molecule has 0 aliphatic carbocycles. The maximum absolute atomic E-state index is 12.4. The summed E-state index contributed by atoms with van der Waals surface area (Å²) in [5, 5.41) is 0. The molecular formula is C20H22N2O4. The van der Waals surface area contributed by atoms with Crippen LogP contribution in [-0.2, 0) is 11.2 Å². The fourth-order valence-corrected chi connectivity index (χ4v) is 3.39. The van der Waals surface area contributed by atoms with Gasteiger partial charge < -0.3 is 24.0 Å². The molecule has 0 spiro atoms. The van der Waals surface area contributed by atoms with Crippen LogP contribution in [0.1, 0.15) is 12.5 Å². The van der Waals surface area contributed by atoms with Crippen molar-refractivity contribution in [1.82, 2.24) is 0 Å². The summed E-state index contributed by atoms with van der Waals surface area (Å²) < 4.78 is 16.9. The molecule has 0 aromatic heterocycles. The molecular weight excluding hydrogens is 332 g/mol. The lowest BCUT2D eigenvalue weighted by Crippen LogP contribution is -2.32. The number of Topliss-reactive ketones (excluding diaryl/α,β-unsaturated/α-hetero) is 1. The SMILES string of the molecule is CCOc1cc(N(C)C)ccc1N1CC(=O)Cc2cc3c(cc21)OCO3. The van der Waals surface area contributed by atoms with Crippen molar-refractivity contribution < 1.29 is 19.0 Å². The largest absolute Gasteiger partial charge is 0.492 e. The first kappa shape index (κ1) is 16.6. The number of carbonyl (C=O) groups is 1. The van der Waals surface area contributed by atoms with Gasteiger partial charge in [0.25, 0.3) is 0 Å². The van der Waals surface area contributed by atoms with Gasteiger partial charge in [0.05, 0.1) is 18.8 Å². The van der Waals surface area contributed by atoms with Crippen LogP contribution in [0.2, 0.25) is 0 Å². The highest BCUT2D eigenvalue weighted by Crippen LogP contribution is 2.45. The highest BCUT2D eigenvalue weighted by atomic mass is 16.7. The molecule has 6 heteroatoms. The van der Waals surface area contributed by atoms with E-state index in [1.165, 1.54) is 0 Å². The average molecular weight is 354 g/mol. The van der Waals surface area contributed by atoms with Crippen LogP contribution in [0.15, 0.2) is 30.3 Å². The molecule has 2 aromatic carbocycles. The summed E-state index contributed by atoms with van der Waals surface area (Å²) in [4.78, 5) is 16.4. The first-order valence-corrected chi connectivity index (χ1v) is 8.72. The molecule has 0 atom stereocenters. The first-order chi connectivity index (χ1) is 12.6. The number of hydrogen-bond donors (Lipinski definition) is 0. The van der Waals surface area contributed by atoms with E-state index in [2.05, 4.69) is 0 Å². The Kier molecular flexibility index (Phi) is 4.11. The summed E-state index contributed by atoms with van der Waals surface area (Å²) in [6, 6.07) is 9.91. The summed E-state index contributed by atoms with van der Waals surface area (Å²) in [5.74, 6) is 2.34. The van der Waals surface area contributed by atoms with Crippen molar-refractivity contribution in [2.75, 3.05) is 43.8 Å². The van der Waals surface area contributed by atoms with Crippen molar-refractivity contribution in [2.24, 2.45) is 0 Å².